The molecule has 0 saturated carbocycles. The molecule has 25 heavy (non-hydrogen) atoms. The molecule has 0 atom stereocenters. The third-order valence-electron chi connectivity index (χ3n) is 3.92. The van der Waals surface area contributed by atoms with Crippen LogP contribution in [0.1, 0.15) is 25.0 Å². The van der Waals surface area contributed by atoms with E-state index in [9.17, 15) is 9.59 Å². The van der Waals surface area contributed by atoms with Crippen molar-refractivity contribution in [1.82, 2.24) is 15.5 Å². The molecule has 0 radical (unpaired) electrons. The van der Waals surface area contributed by atoms with Crippen molar-refractivity contribution in [2.24, 2.45) is 0 Å². The van der Waals surface area contributed by atoms with Crippen LogP contribution in [0.15, 0.2) is 22.8 Å². The number of anilines is 2. The van der Waals surface area contributed by atoms with Gasteiger partial charge in [-0.1, -0.05) is 11.3 Å². The summed E-state index contributed by atoms with van der Waals surface area (Å²) in [4.78, 5) is 27.2. The molecular weight excluding hydrogens is 342 g/mol. The van der Waals surface area contributed by atoms with E-state index in [2.05, 4.69) is 15.5 Å². The molecule has 2 aromatic heterocycles. The minimum Gasteiger partial charge on any atom is -0.469 e. The van der Waals surface area contributed by atoms with Gasteiger partial charge in [-0.2, -0.15) is 0 Å². The highest BCUT2D eigenvalue weighted by atomic mass is 32.1. The van der Waals surface area contributed by atoms with Gasteiger partial charge in [-0.25, -0.2) is 0 Å². The van der Waals surface area contributed by atoms with Gasteiger partial charge in [0.05, 0.1) is 12.8 Å². The number of likely N-dealkylation sites (N-methyl/N-ethyl adjacent to an activating group) is 1. The fraction of sp³-hybridized carbons (Fsp3) is 0.500. The van der Waals surface area contributed by atoms with Crippen molar-refractivity contribution in [3.05, 3.63) is 24.2 Å². The Labute approximate surface area is 149 Å². The number of aryl methyl sites for hydroxylation is 1. The van der Waals surface area contributed by atoms with Crippen LogP contribution in [0.4, 0.5) is 10.3 Å². The Kier molecular flexibility index (Phi) is 5.64. The van der Waals surface area contributed by atoms with Crippen molar-refractivity contribution in [3.63, 3.8) is 0 Å². The highest BCUT2D eigenvalue weighted by molar-refractivity contribution is 7.19. The number of nitrogens with zero attached hydrogens (tertiary/aromatic N) is 4. The number of amides is 2. The third kappa shape index (κ3) is 4.56. The Balaban J connectivity index is 1.42. The molecule has 0 unspecified atom stereocenters. The van der Waals surface area contributed by atoms with Gasteiger partial charge in [0, 0.05) is 33.0 Å². The van der Waals surface area contributed by atoms with E-state index in [1.807, 2.05) is 12.1 Å². The first-order chi connectivity index (χ1) is 12.1. The van der Waals surface area contributed by atoms with Crippen LogP contribution in [0.2, 0.25) is 0 Å². The lowest BCUT2D eigenvalue weighted by Gasteiger charge is -2.14. The number of furan rings is 1. The molecule has 2 amide bonds. The Morgan fingerprint density at radius 2 is 2.36 bits per heavy atom. The van der Waals surface area contributed by atoms with E-state index in [0.29, 0.717) is 29.8 Å². The van der Waals surface area contributed by atoms with Crippen molar-refractivity contribution >= 4 is 33.4 Å². The number of carbonyl (C=O) groups is 2. The molecule has 1 aliphatic heterocycles. The smallest absolute Gasteiger partial charge is 0.239 e. The van der Waals surface area contributed by atoms with Gasteiger partial charge in [-0.05, 0) is 25.0 Å². The number of aromatic nitrogens is 2. The summed E-state index contributed by atoms with van der Waals surface area (Å²) in [6, 6.07) is 3.78. The molecule has 9 heteroatoms. The zero-order valence-corrected chi connectivity index (χ0v) is 14.9. The predicted molar refractivity (Wildman–Crippen MR) is 94.8 cm³/mol. The van der Waals surface area contributed by atoms with Crippen LogP contribution in [0, 0.1) is 0 Å². The molecule has 2 aromatic rings. The predicted octanol–water partition coefficient (Wildman–Crippen LogP) is 1.44. The molecule has 0 aliphatic carbocycles. The van der Waals surface area contributed by atoms with E-state index in [1.165, 1.54) is 11.3 Å². The van der Waals surface area contributed by atoms with E-state index in [1.54, 1.807) is 23.1 Å². The van der Waals surface area contributed by atoms with Gasteiger partial charge in [-0.3, -0.25) is 14.5 Å². The van der Waals surface area contributed by atoms with Crippen molar-refractivity contribution in [3.8, 4) is 0 Å². The number of nitrogens with one attached hydrogen (secondary N) is 1. The Bertz CT molecular complexity index is 715. The molecule has 0 aromatic carbocycles. The van der Waals surface area contributed by atoms with Crippen LogP contribution in [-0.4, -0.2) is 48.7 Å². The summed E-state index contributed by atoms with van der Waals surface area (Å²) in [6.45, 7) is 1.48. The maximum Gasteiger partial charge on any atom is 0.239 e. The lowest BCUT2D eigenvalue weighted by atomic mass is 10.2. The molecule has 1 fully saturated rings. The minimum absolute atomic E-state index is 0.0732. The zero-order chi connectivity index (χ0) is 17.6. The highest BCUT2D eigenvalue weighted by Crippen LogP contribution is 2.29. The van der Waals surface area contributed by atoms with E-state index in [-0.39, 0.29) is 18.4 Å². The van der Waals surface area contributed by atoms with Gasteiger partial charge < -0.3 is 14.6 Å². The average molecular weight is 363 g/mol. The molecule has 1 saturated heterocycles. The molecule has 3 rings (SSSR count). The number of hydrogen-bond acceptors (Lipinski definition) is 7. The summed E-state index contributed by atoms with van der Waals surface area (Å²) < 4.78 is 5.25. The topological polar surface area (TPSA) is 91.6 Å². The number of carbonyl (C=O) groups excluding carboxylic acids is 2. The number of rotatable bonds is 8. The van der Waals surface area contributed by atoms with Gasteiger partial charge in [0.25, 0.3) is 0 Å². The maximum atomic E-state index is 12.0. The molecule has 1 aliphatic rings. The molecule has 0 bridgehead atoms. The molecular formula is C16H21N5O3S. The molecule has 0 spiro atoms. The lowest BCUT2D eigenvalue weighted by Crippen LogP contribution is -2.35. The highest BCUT2D eigenvalue weighted by Gasteiger charge is 2.25. The lowest BCUT2D eigenvalue weighted by molar-refractivity contribution is -0.119. The largest absolute Gasteiger partial charge is 0.469 e. The van der Waals surface area contributed by atoms with Gasteiger partial charge in [0.15, 0.2) is 0 Å². The standard InChI is InChI=1S/C16H21N5O3S/c1-20(11-13(22)17-8-2-5-12-6-4-10-24-12)15-18-19-16(25-15)21-9-3-7-14(21)23/h4,6,10H,2-3,5,7-9,11H2,1H3,(H,17,22). The normalized spacial score (nSPS) is 14.1. The van der Waals surface area contributed by atoms with Gasteiger partial charge in [0.1, 0.15) is 5.76 Å². The fourth-order valence-electron chi connectivity index (χ4n) is 2.61. The second kappa shape index (κ2) is 8.11. The van der Waals surface area contributed by atoms with Crippen molar-refractivity contribution in [1.29, 1.82) is 0 Å². The molecule has 134 valence electrons. The van der Waals surface area contributed by atoms with Crippen LogP contribution < -0.4 is 15.1 Å². The summed E-state index contributed by atoms with van der Waals surface area (Å²) in [5, 5.41) is 12.3. The average Bonchev–Trinajstić information content (AvgIpc) is 3.32. The van der Waals surface area contributed by atoms with Gasteiger partial charge in [0.2, 0.25) is 22.1 Å². The maximum absolute atomic E-state index is 12.0. The van der Waals surface area contributed by atoms with E-state index in [4.69, 9.17) is 4.42 Å². The summed E-state index contributed by atoms with van der Waals surface area (Å²) in [5.41, 5.74) is 0. The van der Waals surface area contributed by atoms with Gasteiger partial charge >= 0.3 is 0 Å². The first-order valence-corrected chi connectivity index (χ1v) is 9.09. The summed E-state index contributed by atoms with van der Waals surface area (Å²) in [7, 11) is 1.79. The Morgan fingerprint density at radius 1 is 1.48 bits per heavy atom. The first kappa shape index (κ1) is 17.4. The van der Waals surface area contributed by atoms with Crippen LogP contribution in [0.3, 0.4) is 0 Å². The van der Waals surface area contributed by atoms with E-state index >= 15 is 0 Å². The van der Waals surface area contributed by atoms with Crippen molar-refractivity contribution in [2.75, 3.05) is 36.5 Å². The molecule has 8 nitrogen and oxygen atoms in total. The Morgan fingerprint density at radius 3 is 3.08 bits per heavy atom. The number of hydrogen-bond donors (Lipinski definition) is 1. The quantitative estimate of drug-likeness (QED) is 0.714. The Hall–Kier alpha value is -2.42. The van der Waals surface area contributed by atoms with Crippen LogP contribution in [0.5, 0.6) is 0 Å². The fourth-order valence-corrected chi connectivity index (χ4v) is 3.46. The first-order valence-electron chi connectivity index (χ1n) is 8.27. The van der Waals surface area contributed by atoms with Crippen molar-refractivity contribution < 1.29 is 14.0 Å². The SMILES string of the molecule is CN(CC(=O)NCCCc1ccco1)c1nnc(N2CCCC2=O)s1. The molecule has 3 heterocycles. The molecule has 1 N–H and O–H groups in total. The summed E-state index contributed by atoms with van der Waals surface area (Å²) >= 11 is 1.33. The van der Waals surface area contributed by atoms with Crippen LogP contribution in [-0.2, 0) is 16.0 Å². The van der Waals surface area contributed by atoms with E-state index < -0.39 is 0 Å². The summed E-state index contributed by atoms with van der Waals surface area (Å²) in [6.07, 6.45) is 4.68. The van der Waals surface area contributed by atoms with E-state index in [0.717, 1.165) is 25.0 Å². The second-order valence-corrected chi connectivity index (χ2v) is 6.84. The minimum atomic E-state index is -0.0732. The van der Waals surface area contributed by atoms with Crippen LogP contribution >= 0.6 is 11.3 Å². The second-order valence-electron chi connectivity index (χ2n) is 5.91. The zero-order valence-electron chi connectivity index (χ0n) is 14.1. The summed E-state index contributed by atoms with van der Waals surface area (Å²) in [5.74, 6) is 0.930. The third-order valence-corrected chi connectivity index (χ3v) is 4.98. The van der Waals surface area contributed by atoms with Gasteiger partial charge in [-0.15, -0.1) is 10.2 Å². The monoisotopic (exact) mass is 363 g/mol. The van der Waals surface area contributed by atoms with Crippen molar-refractivity contribution in [2.45, 2.75) is 25.7 Å². The van der Waals surface area contributed by atoms with Crippen LogP contribution in [0.25, 0.3) is 0 Å².